The van der Waals surface area contributed by atoms with Gasteiger partial charge in [0.1, 0.15) is 0 Å². The van der Waals surface area contributed by atoms with E-state index in [1.807, 2.05) is 29.2 Å². The van der Waals surface area contributed by atoms with Crippen LogP contribution in [-0.4, -0.2) is 67.9 Å². The monoisotopic (exact) mass is 442 g/mol. The Morgan fingerprint density at radius 3 is 2.55 bits per heavy atom. The van der Waals surface area contributed by atoms with Gasteiger partial charge in [-0.1, -0.05) is 12.1 Å². The zero-order chi connectivity index (χ0) is 18.9. The molecule has 1 spiro atoms. The first-order valence-corrected chi connectivity index (χ1v) is 10.2. The molecular formula is C21H32Cl2N4O2. The van der Waals surface area contributed by atoms with Crippen molar-refractivity contribution in [2.24, 2.45) is 11.3 Å². The highest BCUT2D eigenvalue weighted by Gasteiger charge is 2.57. The number of carbonyl (C=O) groups is 2. The summed E-state index contributed by atoms with van der Waals surface area (Å²) >= 11 is 0. The zero-order valence-corrected chi connectivity index (χ0v) is 18.6. The van der Waals surface area contributed by atoms with Crippen LogP contribution in [0.15, 0.2) is 24.3 Å². The van der Waals surface area contributed by atoms with Gasteiger partial charge in [-0.25, -0.2) is 0 Å². The molecule has 3 aliphatic rings. The molecule has 1 saturated carbocycles. The number of amides is 2. The molecule has 1 aromatic carbocycles. The van der Waals surface area contributed by atoms with Crippen LogP contribution in [-0.2, 0) is 4.79 Å². The minimum atomic E-state index is 0. The number of hydrogen-bond acceptors (Lipinski definition) is 4. The van der Waals surface area contributed by atoms with E-state index in [2.05, 4.69) is 22.6 Å². The van der Waals surface area contributed by atoms with E-state index in [9.17, 15) is 9.59 Å². The fourth-order valence-electron chi connectivity index (χ4n) is 4.61. The van der Waals surface area contributed by atoms with Crippen molar-refractivity contribution in [3.63, 3.8) is 0 Å². The topological polar surface area (TPSA) is 64.7 Å². The maximum absolute atomic E-state index is 13.1. The van der Waals surface area contributed by atoms with Gasteiger partial charge in [0, 0.05) is 25.6 Å². The summed E-state index contributed by atoms with van der Waals surface area (Å²) in [5.74, 6) is 0.191. The van der Waals surface area contributed by atoms with Crippen LogP contribution in [0.5, 0.6) is 0 Å². The van der Waals surface area contributed by atoms with Crippen molar-refractivity contribution < 1.29 is 9.59 Å². The quantitative estimate of drug-likeness (QED) is 0.754. The summed E-state index contributed by atoms with van der Waals surface area (Å²) in [6.45, 7) is 5.41. The van der Waals surface area contributed by atoms with Gasteiger partial charge in [-0.2, -0.15) is 0 Å². The highest BCUT2D eigenvalue weighted by Crippen LogP contribution is 2.58. The lowest BCUT2D eigenvalue weighted by Crippen LogP contribution is -2.35. The molecule has 162 valence electrons. The Bertz CT molecular complexity index is 724. The Labute approximate surface area is 185 Å². The molecule has 2 heterocycles. The van der Waals surface area contributed by atoms with Crippen molar-refractivity contribution in [2.45, 2.75) is 25.7 Å². The minimum Gasteiger partial charge on any atom is -0.337 e. The summed E-state index contributed by atoms with van der Waals surface area (Å²) in [6, 6.07) is 7.44. The molecular weight excluding hydrogens is 411 g/mol. The van der Waals surface area contributed by atoms with Crippen molar-refractivity contribution >= 4 is 42.3 Å². The van der Waals surface area contributed by atoms with Gasteiger partial charge in [-0.05, 0) is 69.9 Å². The summed E-state index contributed by atoms with van der Waals surface area (Å²) in [5, 5.41) is 6.44. The maximum Gasteiger partial charge on any atom is 0.256 e. The number of anilines is 1. The molecule has 8 heteroatoms. The van der Waals surface area contributed by atoms with Crippen LogP contribution < -0.4 is 10.6 Å². The van der Waals surface area contributed by atoms with Crippen molar-refractivity contribution in [1.29, 1.82) is 0 Å². The number of likely N-dealkylation sites (N-methyl/N-ethyl adjacent to an activating group) is 1. The van der Waals surface area contributed by atoms with Gasteiger partial charge in [0.05, 0.1) is 11.3 Å². The molecule has 6 nitrogen and oxygen atoms in total. The number of para-hydroxylation sites is 1. The zero-order valence-electron chi connectivity index (χ0n) is 17.0. The third-order valence-corrected chi connectivity index (χ3v) is 6.53. The summed E-state index contributed by atoms with van der Waals surface area (Å²) in [7, 11) is 2.09. The molecule has 1 atom stereocenters. The number of halogens is 2. The molecule has 4 rings (SSSR count). The van der Waals surface area contributed by atoms with Gasteiger partial charge in [-0.3, -0.25) is 9.59 Å². The fraction of sp³-hybridized carbons (Fsp3) is 0.619. The highest BCUT2D eigenvalue weighted by molar-refractivity contribution is 6.04. The number of hydrogen-bond donors (Lipinski definition) is 2. The van der Waals surface area contributed by atoms with Crippen molar-refractivity contribution in [3.8, 4) is 0 Å². The predicted molar refractivity (Wildman–Crippen MR) is 120 cm³/mol. The number of carbonyl (C=O) groups excluding carboxylic acids is 2. The normalized spacial score (nSPS) is 23.3. The Morgan fingerprint density at radius 1 is 1.07 bits per heavy atom. The molecule has 1 aliphatic carbocycles. The largest absolute Gasteiger partial charge is 0.337 e. The van der Waals surface area contributed by atoms with Gasteiger partial charge < -0.3 is 20.4 Å². The molecule has 2 aliphatic heterocycles. The number of piperidine rings is 1. The third kappa shape index (κ3) is 5.23. The lowest BCUT2D eigenvalue weighted by atomic mass is 9.91. The van der Waals surface area contributed by atoms with Crippen molar-refractivity contribution in [2.75, 3.05) is 51.6 Å². The van der Waals surface area contributed by atoms with Crippen LogP contribution in [0.2, 0.25) is 0 Å². The van der Waals surface area contributed by atoms with Gasteiger partial charge in [0.2, 0.25) is 5.91 Å². The second kappa shape index (κ2) is 10.1. The smallest absolute Gasteiger partial charge is 0.256 e. The second-order valence-electron chi connectivity index (χ2n) is 8.35. The standard InChI is InChI=1S/C21H30N4O2.2ClH/c1-24-11-4-12-25(14-13-24)20(27)16-5-2-3-6-18(16)23-19(26)17-15-21(17)7-9-22-10-8-21;;/h2-3,5-6,17,22H,4,7-15H2,1H3,(H,23,26);2*1H. The van der Waals surface area contributed by atoms with Gasteiger partial charge >= 0.3 is 0 Å². The predicted octanol–water partition coefficient (Wildman–Crippen LogP) is 2.64. The highest BCUT2D eigenvalue weighted by atomic mass is 35.5. The van der Waals surface area contributed by atoms with Crippen molar-refractivity contribution in [3.05, 3.63) is 29.8 Å². The number of rotatable bonds is 3. The van der Waals surface area contributed by atoms with Crippen LogP contribution >= 0.6 is 24.8 Å². The molecule has 0 radical (unpaired) electrons. The van der Waals surface area contributed by atoms with E-state index in [-0.39, 0.29) is 48.0 Å². The molecule has 0 aromatic heterocycles. The first-order valence-electron chi connectivity index (χ1n) is 10.2. The van der Waals surface area contributed by atoms with E-state index in [0.717, 1.165) is 65.0 Å². The van der Waals surface area contributed by atoms with Crippen LogP contribution in [0.25, 0.3) is 0 Å². The Morgan fingerprint density at radius 2 is 1.79 bits per heavy atom. The van der Waals surface area contributed by atoms with Crippen LogP contribution in [0.4, 0.5) is 5.69 Å². The van der Waals surface area contributed by atoms with Crippen LogP contribution in [0.1, 0.15) is 36.0 Å². The molecule has 3 fully saturated rings. The Kier molecular flexibility index (Phi) is 8.35. The van der Waals surface area contributed by atoms with Gasteiger partial charge in [0.25, 0.3) is 5.91 Å². The van der Waals surface area contributed by atoms with E-state index in [0.29, 0.717) is 11.3 Å². The number of benzene rings is 1. The van der Waals surface area contributed by atoms with Crippen LogP contribution in [0, 0.1) is 11.3 Å². The van der Waals surface area contributed by atoms with E-state index in [1.54, 1.807) is 0 Å². The maximum atomic E-state index is 13.1. The number of nitrogens with zero attached hydrogens (tertiary/aromatic N) is 2. The fourth-order valence-corrected chi connectivity index (χ4v) is 4.61. The molecule has 2 N–H and O–H groups in total. The van der Waals surface area contributed by atoms with E-state index >= 15 is 0 Å². The average molecular weight is 443 g/mol. The summed E-state index contributed by atoms with van der Waals surface area (Å²) in [4.78, 5) is 30.1. The van der Waals surface area contributed by atoms with Gasteiger partial charge in [0.15, 0.2) is 0 Å². The first-order chi connectivity index (χ1) is 13.1. The summed E-state index contributed by atoms with van der Waals surface area (Å²) in [6.07, 6.45) is 4.12. The molecule has 29 heavy (non-hydrogen) atoms. The van der Waals surface area contributed by atoms with E-state index in [1.165, 1.54) is 0 Å². The lowest BCUT2D eigenvalue weighted by Gasteiger charge is -2.24. The summed E-state index contributed by atoms with van der Waals surface area (Å²) < 4.78 is 0. The lowest BCUT2D eigenvalue weighted by molar-refractivity contribution is -0.118. The first kappa shape index (κ1) is 23.9. The molecule has 0 bridgehead atoms. The van der Waals surface area contributed by atoms with E-state index in [4.69, 9.17) is 0 Å². The van der Waals surface area contributed by atoms with Crippen LogP contribution in [0.3, 0.4) is 0 Å². The Balaban J connectivity index is 0.00000150. The van der Waals surface area contributed by atoms with Gasteiger partial charge in [-0.15, -0.1) is 24.8 Å². The van der Waals surface area contributed by atoms with Crippen molar-refractivity contribution in [1.82, 2.24) is 15.1 Å². The minimum absolute atomic E-state index is 0. The molecule has 1 unspecified atom stereocenters. The third-order valence-electron chi connectivity index (χ3n) is 6.53. The second-order valence-corrected chi connectivity index (χ2v) is 8.35. The molecule has 1 aromatic rings. The average Bonchev–Trinajstić information content (AvgIpc) is 3.42. The Hall–Kier alpha value is -1.34. The summed E-state index contributed by atoms with van der Waals surface area (Å²) in [5.41, 5.74) is 1.46. The van der Waals surface area contributed by atoms with E-state index < -0.39 is 0 Å². The molecule has 2 saturated heterocycles. The molecule has 2 amide bonds. The SMILES string of the molecule is CN1CCCN(C(=O)c2ccccc2NC(=O)C2CC23CCNCC3)CC1.Cl.Cl. The number of nitrogens with one attached hydrogen (secondary N) is 2.